The Kier molecular flexibility index (Phi) is 8.34. The topological polar surface area (TPSA) is 97.7 Å². The van der Waals surface area contributed by atoms with Crippen LogP contribution < -0.4 is 0 Å². The van der Waals surface area contributed by atoms with Crippen LogP contribution in [0.3, 0.4) is 0 Å². The molecular weight excluding hydrogens is 601 g/mol. The molecule has 5 aliphatic carbocycles. The van der Waals surface area contributed by atoms with Crippen LogP contribution in [-0.2, 0) is 23.7 Å². The number of carbonyl (C=O) groups is 1. The van der Waals surface area contributed by atoms with Gasteiger partial charge in [-0.15, -0.1) is 0 Å². The number of fused-ring (bicyclic) bond motifs is 4. The van der Waals surface area contributed by atoms with Crippen LogP contribution in [-0.4, -0.2) is 96.4 Å². The second-order valence-electron chi connectivity index (χ2n) is 18.7. The zero-order chi connectivity index (χ0) is 33.9. The molecule has 7 aliphatic rings. The smallest absolute Gasteiger partial charge is 0.303 e. The number of hydrogen-bond donors (Lipinski definition) is 2. The van der Waals surface area contributed by atoms with Crippen molar-refractivity contribution in [3.63, 3.8) is 0 Å². The van der Waals surface area contributed by atoms with Crippen LogP contribution >= 0.6 is 0 Å². The standard InChI is InChI=1S/C38H62FNO7/c1-22-19-24(32(34(5,6)43)45-23(2)41)46-30-29(22)35(7)13-14-38-21-37(38)12-11-27(47-28-20-40(16-15-39)17-18-44-28)33(3,4)25(37)9-10-26(38)36(35,8)31(30)42/h22,24-32,42-43H,9-21H2,1-8H3/t22-,24?,25+,26?,27?,28+,29+,30?,31+,32+,35-,36-,37-,38+/m1/s1. The number of hydrogen-bond acceptors (Lipinski definition) is 8. The minimum absolute atomic E-state index is 0.00392. The molecule has 268 valence electrons. The van der Waals surface area contributed by atoms with E-state index in [4.69, 9.17) is 18.9 Å². The molecule has 0 aromatic carbocycles. The molecule has 0 bridgehead atoms. The first-order chi connectivity index (χ1) is 22.0. The SMILES string of the molecule is CC(=O)O[C@@H](C1C[C@@H](C)[C@H]2C(O1)[C@H](O)[C@@]1(C)C3CC[C@H]4C(C)(C)C(O[C@H]5CN(CCF)CCO5)CC[C@@]45C[C@@]35CC[C@]21C)C(C)(C)O. The monoisotopic (exact) mass is 663 g/mol. The number of esters is 1. The number of aliphatic hydroxyl groups excluding tert-OH is 1. The van der Waals surface area contributed by atoms with Crippen molar-refractivity contribution in [2.75, 3.05) is 32.9 Å². The van der Waals surface area contributed by atoms with Crippen molar-refractivity contribution >= 4 is 5.97 Å². The van der Waals surface area contributed by atoms with Crippen molar-refractivity contribution in [1.82, 2.24) is 4.90 Å². The quantitative estimate of drug-likeness (QED) is 0.344. The minimum Gasteiger partial charge on any atom is -0.457 e. The average Bonchev–Trinajstić information content (AvgIpc) is 3.62. The number of rotatable bonds is 7. The first-order valence-corrected chi connectivity index (χ1v) is 18.7. The largest absolute Gasteiger partial charge is 0.457 e. The fraction of sp³-hybridized carbons (Fsp3) is 0.974. The Morgan fingerprint density at radius 3 is 2.47 bits per heavy atom. The highest BCUT2D eigenvalue weighted by Gasteiger charge is 2.84. The molecule has 2 heterocycles. The number of aliphatic hydroxyl groups is 2. The molecule has 14 atom stereocenters. The van der Waals surface area contributed by atoms with Crippen LogP contribution in [0.25, 0.3) is 0 Å². The van der Waals surface area contributed by atoms with E-state index in [1.165, 1.54) is 19.8 Å². The fourth-order valence-corrected chi connectivity index (χ4v) is 13.9. The van der Waals surface area contributed by atoms with E-state index >= 15 is 0 Å². The van der Waals surface area contributed by atoms with Crippen LogP contribution in [0.4, 0.5) is 4.39 Å². The van der Waals surface area contributed by atoms with E-state index in [2.05, 4.69) is 39.5 Å². The second kappa shape index (κ2) is 11.3. The highest BCUT2D eigenvalue weighted by atomic mass is 19.1. The van der Waals surface area contributed by atoms with E-state index < -0.39 is 29.9 Å². The van der Waals surface area contributed by atoms with Crippen LogP contribution in [0.2, 0.25) is 0 Å². The number of morpholine rings is 1. The zero-order valence-electron chi connectivity index (χ0n) is 30.2. The highest BCUT2D eigenvalue weighted by Crippen LogP contribution is 2.89. The van der Waals surface area contributed by atoms with Gasteiger partial charge in [0.25, 0.3) is 0 Å². The van der Waals surface area contributed by atoms with Crippen LogP contribution in [0.15, 0.2) is 0 Å². The van der Waals surface area contributed by atoms with E-state index in [1.807, 2.05) is 0 Å². The van der Waals surface area contributed by atoms with Gasteiger partial charge in [0.2, 0.25) is 0 Å². The number of alkyl halides is 1. The van der Waals surface area contributed by atoms with Crippen molar-refractivity contribution in [3.05, 3.63) is 0 Å². The summed E-state index contributed by atoms with van der Waals surface area (Å²) < 4.78 is 38.4. The van der Waals surface area contributed by atoms with Gasteiger partial charge < -0.3 is 29.2 Å². The summed E-state index contributed by atoms with van der Waals surface area (Å²) in [6.45, 7) is 18.8. The first kappa shape index (κ1) is 34.6. The maximum atomic E-state index is 13.1. The van der Waals surface area contributed by atoms with Gasteiger partial charge >= 0.3 is 5.97 Å². The third-order valence-electron chi connectivity index (χ3n) is 15.9. The summed E-state index contributed by atoms with van der Waals surface area (Å²) in [6, 6.07) is 0. The molecule has 4 unspecified atom stereocenters. The van der Waals surface area contributed by atoms with E-state index in [-0.39, 0.29) is 64.1 Å². The summed E-state index contributed by atoms with van der Waals surface area (Å²) >= 11 is 0. The zero-order valence-corrected chi connectivity index (χ0v) is 30.2. The Labute approximate surface area is 281 Å². The highest BCUT2D eigenvalue weighted by molar-refractivity contribution is 5.66. The molecule has 0 amide bonds. The summed E-state index contributed by atoms with van der Waals surface area (Å²) in [6.07, 6.45) is 6.21. The summed E-state index contributed by atoms with van der Waals surface area (Å²) in [5.74, 6) is 1.01. The predicted molar refractivity (Wildman–Crippen MR) is 175 cm³/mol. The Morgan fingerprint density at radius 1 is 1.09 bits per heavy atom. The average molecular weight is 664 g/mol. The van der Waals surface area contributed by atoms with Crippen LogP contribution in [0.5, 0.6) is 0 Å². The number of ether oxygens (including phenoxy) is 4. The summed E-state index contributed by atoms with van der Waals surface area (Å²) in [7, 11) is 0. The minimum atomic E-state index is -1.26. The predicted octanol–water partition coefficient (Wildman–Crippen LogP) is 5.52. The van der Waals surface area contributed by atoms with E-state index in [0.29, 0.717) is 38.0 Å². The van der Waals surface area contributed by atoms with E-state index in [0.717, 1.165) is 38.6 Å². The maximum Gasteiger partial charge on any atom is 0.303 e. The lowest BCUT2D eigenvalue weighted by molar-refractivity contribution is -0.249. The van der Waals surface area contributed by atoms with Gasteiger partial charge in [-0.05, 0) is 111 Å². The van der Waals surface area contributed by atoms with Crippen LogP contribution in [0, 0.1) is 50.7 Å². The third kappa shape index (κ3) is 4.82. The Hall–Kier alpha value is -0.840. The van der Waals surface area contributed by atoms with Gasteiger partial charge in [0.05, 0.1) is 36.6 Å². The number of carbonyl (C=O) groups excluding carboxylic acids is 1. The van der Waals surface area contributed by atoms with Crippen molar-refractivity contribution in [1.29, 1.82) is 0 Å². The molecule has 8 nitrogen and oxygen atoms in total. The molecule has 9 heteroatoms. The van der Waals surface area contributed by atoms with Gasteiger partial charge in [-0.1, -0.05) is 34.6 Å². The molecule has 7 fully saturated rings. The Balaban J connectivity index is 1.13. The van der Waals surface area contributed by atoms with Gasteiger partial charge in [0, 0.05) is 32.0 Å². The molecule has 47 heavy (non-hydrogen) atoms. The fourth-order valence-electron chi connectivity index (χ4n) is 13.9. The lowest BCUT2D eigenvalue weighted by atomic mass is 9.41. The van der Waals surface area contributed by atoms with Crippen molar-refractivity contribution in [3.8, 4) is 0 Å². The van der Waals surface area contributed by atoms with Gasteiger partial charge in [-0.2, -0.15) is 0 Å². The molecule has 2 saturated heterocycles. The first-order valence-electron chi connectivity index (χ1n) is 18.7. The lowest BCUT2D eigenvalue weighted by Gasteiger charge is -2.64. The molecule has 2 spiro atoms. The van der Waals surface area contributed by atoms with Crippen molar-refractivity contribution in [2.45, 2.75) is 149 Å². The Bertz CT molecular complexity index is 1220. The van der Waals surface area contributed by atoms with Gasteiger partial charge in [-0.25, -0.2) is 4.39 Å². The molecule has 7 rings (SSSR count). The normalized spacial score (nSPS) is 51.1. The number of halogens is 1. The van der Waals surface area contributed by atoms with Crippen molar-refractivity contribution < 1.29 is 38.3 Å². The van der Waals surface area contributed by atoms with E-state index in [9.17, 15) is 19.4 Å². The number of nitrogens with zero attached hydrogens (tertiary/aromatic N) is 1. The second-order valence-corrected chi connectivity index (χ2v) is 18.7. The maximum absolute atomic E-state index is 13.1. The Morgan fingerprint density at radius 2 is 1.79 bits per heavy atom. The molecular formula is C38H62FNO7. The summed E-state index contributed by atoms with van der Waals surface area (Å²) in [4.78, 5) is 14.2. The van der Waals surface area contributed by atoms with Gasteiger partial charge in [0.1, 0.15) is 6.67 Å². The molecule has 0 aromatic heterocycles. The summed E-state index contributed by atoms with van der Waals surface area (Å²) in [5.41, 5.74) is -1.12. The molecule has 2 aliphatic heterocycles. The van der Waals surface area contributed by atoms with Crippen molar-refractivity contribution in [2.24, 2.45) is 50.7 Å². The molecule has 2 N–H and O–H groups in total. The van der Waals surface area contributed by atoms with Crippen LogP contribution in [0.1, 0.15) is 107 Å². The van der Waals surface area contributed by atoms with Gasteiger partial charge in [-0.3, -0.25) is 9.69 Å². The van der Waals surface area contributed by atoms with E-state index in [1.54, 1.807) is 13.8 Å². The molecule has 0 aromatic rings. The summed E-state index contributed by atoms with van der Waals surface area (Å²) in [5, 5.41) is 23.6. The van der Waals surface area contributed by atoms with Gasteiger partial charge in [0.15, 0.2) is 12.4 Å². The molecule has 5 saturated carbocycles. The molecule has 0 radical (unpaired) electrons. The third-order valence-corrected chi connectivity index (χ3v) is 15.9. The lowest BCUT2D eigenvalue weighted by Crippen LogP contribution is -2.60.